The molecule has 1 aromatic heterocycles. The van der Waals surface area contributed by atoms with Crippen LogP contribution in [-0.2, 0) is 16.9 Å². The van der Waals surface area contributed by atoms with Gasteiger partial charge in [0.1, 0.15) is 42.3 Å². The molecule has 0 amide bonds. The third-order valence-corrected chi connectivity index (χ3v) is 4.44. The van der Waals surface area contributed by atoms with Crippen molar-refractivity contribution in [3.05, 3.63) is 83.7 Å². The summed E-state index contributed by atoms with van der Waals surface area (Å²) in [5, 5.41) is 15.2. The van der Waals surface area contributed by atoms with Gasteiger partial charge in [-0.05, 0) is 25.1 Å². The van der Waals surface area contributed by atoms with E-state index in [1.807, 2.05) is 0 Å². The van der Waals surface area contributed by atoms with Crippen LogP contribution in [0.25, 0.3) is 0 Å². The number of benzene rings is 2. The number of aromatic nitrogens is 3. The lowest BCUT2D eigenvalue weighted by atomic mass is 9.88. The molecule has 0 spiro atoms. The quantitative estimate of drug-likeness (QED) is 0.645. The number of nitrogens with zero attached hydrogens (tertiary/aromatic N) is 3. The SMILES string of the molecule is C[C@@H](OCC#Cc1ccccc1F)[C@](O)(Cn1cncn1)c1ccc(F)cc1F. The Morgan fingerprint density at radius 1 is 1.17 bits per heavy atom. The van der Waals surface area contributed by atoms with E-state index < -0.39 is 29.2 Å². The van der Waals surface area contributed by atoms with E-state index in [4.69, 9.17) is 4.74 Å². The first-order valence-corrected chi connectivity index (χ1v) is 8.75. The Labute approximate surface area is 165 Å². The minimum Gasteiger partial charge on any atom is -0.380 e. The average Bonchev–Trinajstić information content (AvgIpc) is 3.19. The molecule has 0 aliphatic rings. The molecule has 2 aromatic carbocycles. The van der Waals surface area contributed by atoms with Crippen molar-refractivity contribution in [1.29, 1.82) is 0 Å². The molecule has 8 heteroatoms. The molecule has 1 N–H and O–H groups in total. The van der Waals surface area contributed by atoms with Crippen LogP contribution in [0, 0.1) is 29.3 Å². The summed E-state index contributed by atoms with van der Waals surface area (Å²) in [6, 6.07) is 8.93. The summed E-state index contributed by atoms with van der Waals surface area (Å²) in [5.74, 6) is 3.17. The fourth-order valence-electron chi connectivity index (χ4n) is 2.83. The van der Waals surface area contributed by atoms with Crippen LogP contribution >= 0.6 is 0 Å². The molecule has 3 aromatic rings. The lowest BCUT2D eigenvalue weighted by Gasteiger charge is -2.34. The molecule has 29 heavy (non-hydrogen) atoms. The fourth-order valence-corrected chi connectivity index (χ4v) is 2.83. The third-order valence-electron chi connectivity index (χ3n) is 4.44. The highest BCUT2D eigenvalue weighted by molar-refractivity contribution is 5.35. The molecule has 5 nitrogen and oxygen atoms in total. The molecule has 0 saturated carbocycles. The molecule has 0 unspecified atom stereocenters. The van der Waals surface area contributed by atoms with Gasteiger partial charge in [0.15, 0.2) is 0 Å². The van der Waals surface area contributed by atoms with Crippen LogP contribution in [0.5, 0.6) is 0 Å². The fraction of sp³-hybridized carbons (Fsp3) is 0.238. The number of rotatable bonds is 6. The first-order chi connectivity index (χ1) is 13.9. The van der Waals surface area contributed by atoms with Gasteiger partial charge in [-0.25, -0.2) is 22.8 Å². The van der Waals surface area contributed by atoms with Crippen molar-refractivity contribution in [3.8, 4) is 11.8 Å². The third kappa shape index (κ3) is 4.83. The highest BCUT2D eigenvalue weighted by Gasteiger charge is 2.40. The summed E-state index contributed by atoms with van der Waals surface area (Å²) >= 11 is 0. The molecule has 0 aliphatic heterocycles. The molecule has 3 rings (SSSR count). The Bertz CT molecular complexity index is 1030. The van der Waals surface area contributed by atoms with Crippen LogP contribution < -0.4 is 0 Å². The molecule has 2 atom stereocenters. The molecule has 1 heterocycles. The maximum atomic E-state index is 14.4. The van der Waals surface area contributed by atoms with Crippen molar-refractivity contribution >= 4 is 0 Å². The first kappa shape index (κ1) is 20.6. The summed E-state index contributed by atoms with van der Waals surface area (Å²) < 4.78 is 48.3. The van der Waals surface area contributed by atoms with Gasteiger partial charge in [-0.1, -0.05) is 30.0 Å². The molecule has 0 saturated heterocycles. The first-order valence-electron chi connectivity index (χ1n) is 8.75. The Hall–Kier alpha value is -3.15. The van der Waals surface area contributed by atoms with Crippen LogP contribution in [0.1, 0.15) is 18.1 Å². The van der Waals surface area contributed by atoms with Gasteiger partial charge in [0.05, 0.1) is 18.2 Å². The van der Waals surface area contributed by atoms with Crippen molar-refractivity contribution in [2.24, 2.45) is 0 Å². The normalized spacial score (nSPS) is 14.0. The zero-order valence-electron chi connectivity index (χ0n) is 15.5. The number of ether oxygens (including phenoxy) is 1. The summed E-state index contributed by atoms with van der Waals surface area (Å²) in [6.07, 6.45) is 1.67. The van der Waals surface area contributed by atoms with Crippen molar-refractivity contribution in [2.45, 2.75) is 25.2 Å². The van der Waals surface area contributed by atoms with Crippen molar-refractivity contribution in [2.75, 3.05) is 6.61 Å². The monoisotopic (exact) mass is 401 g/mol. The maximum Gasteiger partial charge on any atom is 0.138 e. The molecule has 150 valence electrons. The van der Waals surface area contributed by atoms with Crippen LogP contribution in [0.4, 0.5) is 13.2 Å². The van der Waals surface area contributed by atoms with Crippen molar-refractivity contribution in [3.63, 3.8) is 0 Å². The van der Waals surface area contributed by atoms with E-state index in [0.717, 1.165) is 12.1 Å². The van der Waals surface area contributed by atoms with Gasteiger partial charge in [0.2, 0.25) is 0 Å². The zero-order chi connectivity index (χ0) is 20.9. The van der Waals surface area contributed by atoms with Crippen LogP contribution in [-0.4, -0.2) is 32.6 Å². The predicted molar refractivity (Wildman–Crippen MR) is 99.0 cm³/mol. The summed E-state index contributed by atoms with van der Waals surface area (Å²) in [5.41, 5.74) is -1.82. The average molecular weight is 401 g/mol. The minimum absolute atomic E-state index is 0.141. The Morgan fingerprint density at radius 3 is 2.66 bits per heavy atom. The van der Waals surface area contributed by atoms with E-state index >= 15 is 0 Å². The molecule has 0 bridgehead atoms. The molecular weight excluding hydrogens is 383 g/mol. The molecule has 0 fully saturated rings. The maximum absolute atomic E-state index is 14.4. The highest BCUT2D eigenvalue weighted by atomic mass is 19.1. The number of aliphatic hydroxyl groups is 1. The smallest absolute Gasteiger partial charge is 0.138 e. The van der Waals surface area contributed by atoms with Gasteiger partial charge in [-0.3, -0.25) is 0 Å². The van der Waals surface area contributed by atoms with E-state index in [2.05, 4.69) is 21.9 Å². The van der Waals surface area contributed by atoms with E-state index in [-0.39, 0.29) is 24.3 Å². The van der Waals surface area contributed by atoms with Crippen molar-refractivity contribution in [1.82, 2.24) is 14.8 Å². The molecule has 0 aliphatic carbocycles. The second-order valence-corrected chi connectivity index (χ2v) is 6.38. The van der Waals surface area contributed by atoms with Crippen LogP contribution in [0.15, 0.2) is 55.1 Å². The Kier molecular flexibility index (Phi) is 6.32. The van der Waals surface area contributed by atoms with E-state index in [1.165, 1.54) is 36.4 Å². The van der Waals surface area contributed by atoms with Crippen LogP contribution in [0.3, 0.4) is 0 Å². The zero-order valence-corrected chi connectivity index (χ0v) is 15.5. The summed E-state index contributed by atoms with van der Waals surface area (Å²) in [7, 11) is 0. The highest BCUT2D eigenvalue weighted by Crippen LogP contribution is 2.31. The largest absolute Gasteiger partial charge is 0.380 e. The minimum atomic E-state index is -1.88. The number of hydrogen-bond acceptors (Lipinski definition) is 4. The second kappa shape index (κ2) is 8.90. The Morgan fingerprint density at radius 2 is 1.97 bits per heavy atom. The molecule has 0 radical (unpaired) electrons. The number of hydrogen-bond donors (Lipinski definition) is 1. The Balaban J connectivity index is 1.81. The van der Waals surface area contributed by atoms with Gasteiger partial charge in [-0.2, -0.15) is 5.10 Å². The summed E-state index contributed by atoms with van der Waals surface area (Å²) in [4.78, 5) is 3.80. The van der Waals surface area contributed by atoms with Crippen molar-refractivity contribution < 1.29 is 23.0 Å². The van der Waals surface area contributed by atoms with Crippen LogP contribution in [0.2, 0.25) is 0 Å². The number of halogens is 3. The van der Waals surface area contributed by atoms with Gasteiger partial charge in [-0.15, -0.1) is 0 Å². The lowest BCUT2D eigenvalue weighted by Crippen LogP contribution is -2.44. The second-order valence-electron chi connectivity index (χ2n) is 6.38. The van der Waals surface area contributed by atoms with E-state index in [0.29, 0.717) is 6.07 Å². The predicted octanol–water partition coefficient (Wildman–Crippen LogP) is 3.04. The van der Waals surface area contributed by atoms with Gasteiger partial charge >= 0.3 is 0 Å². The van der Waals surface area contributed by atoms with Gasteiger partial charge in [0, 0.05) is 11.6 Å². The topological polar surface area (TPSA) is 60.2 Å². The standard InChI is InChI=1S/C21H18F3N3O2/c1-15(29-10-4-6-16-5-2-3-7-19(16)23)21(28,12-27-14-25-13-26-27)18-9-8-17(22)11-20(18)24/h2-3,5,7-9,11,13-15,28H,10,12H2,1H3/t15-,21-/m1/s1. The van der Waals surface area contributed by atoms with Gasteiger partial charge < -0.3 is 9.84 Å². The van der Waals surface area contributed by atoms with E-state index in [9.17, 15) is 18.3 Å². The van der Waals surface area contributed by atoms with E-state index in [1.54, 1.807) is 12.1 Å². The lowest BCUT2D eigenvalue weighted by molar-refractivity contribution is -0.111. The van der Waals surface area contributed by atoms with Gasteiger partial charge in [0.25, 0.3) is 0 Å². The molecular formula is C21H18F3N3O2. The summed E-state index contributed by atoms with van der Waals surface area (Å²) in [6.45, 7) is 1.21.